The van der Waals surface area contributed by atoms with Crippen LogP contribution in [-0.2, 0) is 65.4 Å². The number of esters is 4. The van der Waals surface area contributed by atoms with Gasteiger partial charge >= 0.3 is 39.5 Å². The van der Waals surface area contributed by atoms with Gasteiger partial charge in [-0.1, -0.05) is 369 Å². The Morgan fingerprint density at radius 2 is 0.469 bits per heavy atom. The Kier molecular flexibility index (Phi) is 70.6. The molecule has 0 aromatic carbocycles. The topological polar surface area (TPSA) is 237 Å². The van der Waals surface area contributed by atoms with Gasteiger partial charge in [-0.25, -0.2) is 9.13 Å². The van der Waals surface area contributed by atoms with Crippen LogP contribution in [0.25, 0.3) is 0 Å². The molecular formula is C79H154O17P2. The van der Waals surface area contributed by atoms with E-state index in [9.17, 15) is 43.2 Å². The van der Waals surface area contributed by atoms with Crippen LogP contribution < -0.4 is 0 Å². The average molecular weight is 1440 g/mol. The molecule has 5 atom stereocenters. The molecule has 0 aromatic heterocycles. The Hall–Kier alpha value is -1.94. The third kappa shape index (κ3) is 72.4. The number of aliphatic hydroxyl groups is 1. The molecule has 582 valence electrons. The van der Waals surface area contributed by atoms with E-state index in [-0.39, 0.29) is 25.7 Å². The molecule has 0 saturated carbocycles. The Morgan fingerprint density at radius 3 is 0.694 bits per heavy atom. The summed E-state index contributed by atoms with van der Waals surface area (Å²) in [6, 6.07) is 0. The maximum absolute atomic E-state index is 13.1. The van der Waals surface area contributed by atoms with Gasteiger partial charge in [0.2, 0.25) is 0 Å². The second-order valence-electron chi connectivity index (χ2n) is 28.9. The monoisotopic (exact) mass is 1440 g/mol. The summed E-state index contributed by atoms with van der Waals surface area (Å²) >= 11 is 0. The van der Waals surface area contributed by atoms with Crippen LogP contribution in [0.1, 0.15) is 420 Å². The minimum Gasteiger partial charge on any atom is -0.462 e. The summed E-state index contributed by atoms with van der Waals surface area (Å²) in [4.78, 5) is 72.6. The molecule has 0 aromatic rings. The van der Waals surface area contributed by atoms with Crippen molar-refractivity contribution >= 4 is 39.5 Å². The van der Waals surface area contributed by atoms with Crippen molar-refractivity contribution in [2.24, 2.45) is 5.92 Å². The number of aliphatic hydroxyl groups excluding tert-OH is 1. The second kappa shape index (κ2) is 72.0. The lowest BCUT2D eigenvalue weighted by Crippen LogP contribution is -2.30. The molecule has 0 aliphatic rings. The summed E-state index contributed by atoms with van der Waals surface area (Å²) in [6.07, 6.45) is 62.9. The molecule has 0 amide bonds. The summed E-state index contributed by atoms with van der Waals surface area (Å²) in [5.41, 5.74) is 0. The van der Waals surface area contributed by atoms with Gasteiger partial charge in [0.15, 0.2) is 12.2 Å². The number of hydrogen-bond donors (Lipinski definition) is 3. The number of carbonyl (C=O) groups is 4. The molecule has 0 aliphatic heterocycles. The van der Waals surface area contributed by atoms with Crippen molar-refractivity contribution in [2.45, 2.75) is 438 Å². The summed E-state index contributed by atoms with van der Waals surface area (Å²) in [6.45, 7) is 7.28. The fraction of sp³-hybridized carbons (Fsp3) is 0.949. The van der Waals surface area contributed by atoms with E-state index in [4.69, 9.17) is 37.0 Å². The van der Waals surface area contributed by atoms with Gasteiger partial charge in [0.25, 0.3) is 0 Å². The van der Waals surface area contributed by atoms with Crippen molar-refractivity contribution in [1.82, 2.24) is 0 Å². The minimum absolute atomic E-state index is 0.106. The first-order valence-corrected chi connectivity index (χ1v) is 44.1. The zero-order chi connectivity index (χ0) is 71.9. The maximum Gasteiger partial charge on any atom is 0.472 e. The summed E-state index contributed by atoms with van der Waals surface area (Å²) in [5, 5.41) is 10.6. The van der Waals surface area contributed by atoms with Crippen molar-refractivity contribution in [3.05, 3.63) is 0 Å². The third-order valence-electron chi connectivity index (χ3n) is 18.5. The number of ether oxygens (including phenoxy) is 4. The number of carbonyl (C=O) groups excluding carboxylic acids is 4. The first-order valence-electron chi connectivity index (χ1n) is 41.1. The van der Waals surface area contributed by atoms with Crippen LogP contribution in [0.2, 0.25) is 0 Å². The molecule has 0 aliphatic carbocycles. The largest absolute Gasteiger partial charge is 0.472 e. The molecule has 0 fully saturated rings. The lowest BCUT2D eigenvalue weighted by Gasteiger charge is -2.21. The van der Waals surface area contributed by atoms with Gasteiger partial charge in [0, 0.05) is 25.7 Å². The number of rotatable bonds is 79. The molecule has 17 nitrogen and oxygen atoms in total. The van der Waals surface area contributed by atoms with Gasteiger partial charge in [-0.3, -0.25) is 37.3 Å². The molecule has 0 spiro atoms. The smallest absolute Gasteiger partial charge is 0.462 e. The predicted molar refractivity (Wildman–Crippen MR) is 400 cm³/mol. The van der Waals surface area contributed by atoms with Crippen molar-refractivity contribution < 1.29 is 80.2 Å². The van der Waals surface area contributed by atoms with Gasteiger partial charge in [-0.05, 0) is 31.6 Å². The molecule has 0 bridgehead atoms. The van der Waals surface area contributed by atoms with E-state index in [0.29, 0.717) is 25.7 Å². The Labute approximate surface area is 600 Å². The normalized spacial score (nSPS) is 13.9. The standard InChI is InChI=1S/C79H154O17P2/c1-6-9-12-15-18-20-21-22-23-24-25-26-27-31-34-37-40-44-48-53-58-63-77(82)90-69-75(96-79(84)65-60-55-50-45-41-38-35-32-29-28-30-33-36-39-43-47-51-56-61-72(4)5)71-94-98(87,88)92-67-73(80)66-91-97(85,86)93-70-74(68-89-76(81)62-57-52-46-17-14-11-8-3)95-78(83)64-59-54-49-42-19-16-13-10-7-2/h72-75,80H,6-71H2,1-5H3,(H,85,86)(H,87,88)/t73-,74+,75+/m0/s1. The average Bonchev–Trinajstić information content (AvgIpc) is 0.957. The number of phosphoric acid groups is 2. The molecule has 0 rings (SSSR count). The van der Waals surface area contributed by atoms with Crippen LogP contribution in [0.15, 0.2) is 0 Å². The van der Waals surface area contributed by atoms with Crippen LogP contribution >= 0.6 is 15.6 Å². The molecule has 0 saturated heterocycles. The lowest BCUT2D eigenvalue weighted by atomic mass is 10.0. The molecule has 2 unspecified atom stereocenters. The van der Waals surface area contributed by atoms with Crippen LogP contribution in [0.4, 0.5) is 0 Å². The Morgan fingerprint density at radius 1 is 0.276 bits per heavy atom. The highest BCUT2D eigenvalue weighted by molar-refractivity contribution is 7.47. The lowest BCUT2D eigenvalue weighted by molar-refractivity contribution is -0.161. The van der Waals surface area contributed by atoms with E-state index in [1.165, 1.54) is 231 Å². The zero-order valence-corrected chi connectivity index (χ0v) is 65.7. The van der Waals surface area contributed by atoms with Gasteiger partial charge in [0.05, 0.1) is 26.4 Å². The highest BCUT2D eigenvalue weighted by atomic mass is 31.2. The molecule has 3 N–H and O–H groups in total. The molecule has 0 radical (unpaired) electrons. The van der Waals surface area contributed by atoms with E-state index in [1.54, 1.807) is 0 Å². The summed E-state index contributed by atoms with van der Waals surface area (Å²) < 4.78 is 68.4. The first kappa shape index (κ1) is 96.1. The van der Waals surface area contributed by atoms with Crippen LogP contribution in [-0.4, -0.2) is 96.7 Å². The minimum atomic E-state index is -4.96. The van der Waals surface area contributed by atoms with Crippen molar-refractivity contribution in [2.75, 3.05) is 39.6 Å². The summed E-state index contributed by atoms with van der Waals surface area (Å²) in [5.74, 6) is -1.30. The molecule has 0 heterocycles. The van der Waals surface area contributed by atoms with Crippen molar-refractivity contribution in [3.63, 3.8) is 0 Å². The fourth-order valence-corrected chi connectivity index (χ4v) is 13.8. The third-order valence-corrected chi connectivity index (χ3v) is 20.4. The van der Waals surface area contributed by atoms with Gasteiger partial charge < -0.3 is 33.8 Å². The van der Waals surface area contributed by atoms with E-state index < -0.39 is 97.5 Å². The van der Waals surface area contributed by atoms with Crippen LogP contribution in [0.3, 0.4) is 0 Å². The second-order valence-corrected chi connectivity index (χ2v) is 31.8. The van der Waals surface area contributed by atoms with E-state index in [0.717, 1.165) is 109 Å². The van der Waals surface area contributed by atoms with Crippen LogP contribution in [0, 0.1) is 5.92 Å². The first-order chi connectivity index (χ1) is 47.5. The Balaban J connectivity index is 5.11. The molecule has 98 heavy (non-hydrogen) atoms. The number of phosphoric ester groups is 2. The van der Waals surface area contributed by atoms with E-state index in [1.807, 2.05) is 0 Å². The van der Waals surface area contributed by atoms with E-state index in [2.05, 4.69) is 34.6 Å². The number of unbranched alkanes of at least 4 members (excludes halogenated alkanes) is 51. The zero-order valence-electron chi connectivity index (χ0n) is 63.9. The van der Waals surface area contributed by atoms with Crippen LogP contribution in [0.5, 0.6) is 0 Å². The summed E-state index contributed by atoms with van der Waals surface area (Å²) in [7, 11) is -9.90. The molecule has 19 heteroatoms. The van der Waals surface area contributed by atoms with Crippen molar-refractivity contribution in [1.29, 1.82) is 0 Å². The fourth-order valence-electron chi connectivity index (χ4n) is 12.2. The van der Waals surface area contributed by atoms with Crippen molar-refractivity contribution in [3.8, 4) is 0 Å². The number of hydrogen-bond acceptors (Lipinski definition) is 15. The quantitative estimate of drug-likeness (QED) is 0.0222. The maximum atomic E-state index is 13.1. The van der Waals surface area contributed by atoms with Gasteiger partial charge in [0.1, 0.15) is 19.3 Å². The highest BCUT2D eigenvalue weighted by Gasteiger charge is 2.30. The highest BCUT2D eigenvalue weighted by Crippen LogP contribution is 2.45. The SMILES string of the molecule is CCCCCCCCCCCCCCCCCCCCCCCC(=O)OC[C@H](COP(=O)(O)OC[C@@H](O)COP(=O)(O)OC[C@@H](COC(=O)CCCCCCCCC)OC(=O)CCCCCCCCCCC)OC(=O)CCCCCCCCCCCCCCCCCCCCC(C)C. The Bertz CT molecular complexity index is 1870. The van der Waals surface area contributed by atoms with E-state index >= 15 is 0 Å². The van der Waals surface area contributed by atoms with Gasteiger partial charge in [-0.15, -0.1) is 0 Å². The predicted octanol–water partition coefficient (Wildman–Crippen LogP) is 23.6. The molecular weight excluding hydrogens is 1280 g/mol. The van der Waals surface area contributed by atoms with Gasteiger partial charge in [-0.2, -0.15) is 0 Å².